The minimum atomic E-state index is 0.0154. The van der Waals surface area contributed by atoms with E-state index >= 15 is 0 Å². The van der Waals surface area contributed by atoms with Gasteiger partial charge in [0.15, 0.2) is 0 Å². The van der Waals surface area contributed by atoms with Gasteiger partial charge in [-0.05, 0) is 66.7 Å². The van der Waals surface area contributed by atoms with Crippen molar-refractivity contribution in [2.45, 2.75) is 0 Å². The number of hydrogen-bond donors (Lipinski definition) is 1. The van der Waals surface area contributed by atoms with Crippen molar-refractivity contribution in [3.05, 3.63) is 71.8 Å². The smallest absolute Gasteiger partial charge is 0.134 e. The summed E-state index contributed by atoms with van der Waals surface area (Å²) in [6.07, 6.45) is 0. The molecule has 1 N–H and O–H groups in total. The molecule has 3 aromatic rings. The summed E-state index contributed by atoms with van der Waals surface area (Å²) < 4.78 is 0. The van der Waals surface area contributed by atoms with Crippen LogP contribution in [0.4, 0.5) is 28.4 Å². The number of nitrogens with zero attached hydrogens (tertiary/aromatic N) is 5. The van der Waals surface area contributed by atoms with Gasteiger partial charge in [0, 0.05) is 19.8 Å². The Kier molecular flexibility index (Phi) is 5.78. The van der Waals surface area contributed by atoms with Crippen LogP contribution in [-0.4, -0.2) is 19.2 Å². The van der Waals surface area contributed by atoms with Crippen LogP contribution in [0.15, 0.2) is 87.2 Å². The van der Waals surface area contributed by atoms with E-state index in [0.717, 1.165) is 17.1 Å². The molecule has 0 aromatic heterocycles. The quantitative estimate of drug-likeness (QED) is 0.487. The maximum atomic E-state index is 9.40. The Hall–Kier alpha value is -3.25. The number of rotatable bonds is 5. The van der Waals surface area contributed by atoms with E-state index in [1.54, 1.807) is 24.3 Å². The lowest BCUT2D eigenvalue weighted by Gasteiger charge is -2.11. The Labute approximate surface area is 162 Å². The van der Waals surface area contributed by atoms with Crippen molar-refractivity contribution in [2.75, 3.05) is 19.0 Å². The lowest BCUT2D eigenvalue weighted by molar-refractivity contribution is 0.475. The summed E-state index contributed by atoms with van der Waals surface area (Å²) in [5, 5.41) is 26.3. The predicted molar refractivity (Wildman–Crippen MR) is 109 cm³/mol. The van der Waals surface area contributed by atoms with E-state index in [0.29, 0.717) is 11.4 Å². The van der Waals surface area contributed by atoms with Crippen molar-refractivity contribution in [3.8, 4) is 5.75 Å². The maximum absolute atomic E-state index is 9.40. The van der Waals surface area contributed by atoms with Crippen LogP contribution in [0, 0.1) is 0 Å². The van der Waals surface area contributed by atoms with Crippen LogP contribution in [0.25, 0.3) is 0 Å². The molecule has 0 bridgehead atoms. The second-order valence-corrected chi connectivity index (χ2v) is 6.37. The SMILES string of the molecule is CN(C)c1ccc(N=Nc2ccc(/N=N/c3ccc(O)c(Cl)c3)cc2)cc1. The highest BCUT2D eigenvalue weighted by Gasteiger charge is 1.99. The molecule has 0 amide bonds. The predicted octanol–water partition coefficient (Wildman–Crippen LogP) is 6.94. The number of anilines is 1. The first kappa shape index (κ1) is 18.5. The van der Waals surface area contributed by atoms with Crippen molar-refractivity contribution in [1.82, 2.24) is 0 Å². The number of benzene rings is 3. The second kappa shape index (κ2) is 8.42. The minimum absolute atomic E-state index is 0.0154. The molecule has 0 spiro atoms. The molecule has 0 aliphatic heterocycles. The van der Waals surface area contributed by atoms with Gasteiger partial charge in [0.1, 0.15) is 5.75 Å². The number of aromatic hydroxyl groups is 1. The number of hydrogen-bond acceptors (Lipinski definition) is 6. The zero-order valence-electron chi connectivity index (χ0n) is 14.9. The molecule has 0 aliphatic carbocycles. The van der Waals surface area contributed by atoms with Crippen molar-refractivity contribution < 1.29 is 5.11 Å². The van der Waals surface area contributed by atoms with E-state index in [1.165, 1.54) is 6.07 Å². The van der Waals surface area contributed by atoms with Gasteiger partial charge in [-0.2, -0.15) is 20.5 Å². The fraction of sp³-hybridized carbons (Fsp3) is 0.100. The Morgan fingerprint density at radius 1 is 0.667 bits per heavy atom. The molecule has 136 valence electrons. The number of halogens is 1. The highest BCUT2D eigenvalue weighted by molar-refractivity contribution is 6.32. The van der Waals surface area contributed by atoms with Gasteiger partial charge < -0.3 is 10.0 Å². The van der Waals surface area contributed by atoms with Gasteiger partial charge in [-0.25, -0.2) is 0 Å². The molecule has 0 heterocycles. The minimum Gasteiger partial charge on any atom is -0.506 e. The molecular weight excluding hydrogens is 362 g/mol. The molecule has 7 heteroatoms. The van der Waals surface area contributed by atoms with E-state index in [9.17, 15) is 5.11 Å². The van der Waals surface area contributed by atoms with Gasteiger partial charge >= 0.3 is 0 Å². The lowest BCUT2D eigenvalue weighted by Crippen LogP contribution is -2.07. The number of phenols is 1. The largest absolute Gasteiger partial charge is 0.506 e. The summed E-state index contributed by atoms with van der Waals surface area (Å²) in [4.78, 5) is 2.03. The van der Waals surface area contributed by atoms with Crippen molar-refractivity contribution in [2.24, 2.45) is 20.5 Å². The molecule has 0 unspecified atom stereocenters. The van der Waals surface area contributed by atoms with Gasteiger partial charge in [-0.15, -0.1) is 0 Å². The monoisotopic (exact) mass is 379 g/mol. The summed E-state index contributed by atoms with van der Waals surface area (Å²) >= 11 is 5.85. The van der Waals surface area contributed by atoms with E-state index in [2.05, 4.69) is 20.5 Å². The number of phenolic OH excluding ortho intramolecular Hbond substituents is 1. The zero-order chi connectivity index (χ0) is 19.2. The average molecular weight is 380 g/mol. The normalized spacial score (nSPS) is 11.4. The van der Waals surface area contributed by atoms with Crippen LogP contribution in [0.5, 0.6) is 5.75 Å². The molecule has 0 saturated heterocycles. The Bertz CT molecular complexity index is 967. The first-order chi connectivity index (χ1) is 13.0. The van der Waals surface area contributed by atoms with Crippen LogP contribution in [0.3, 0.4) is 0 Å². The van der Waals surface area contributed by atoms with Crippen LogP contribution < -0.4 is 4.90 Å². The molecule has 0 radical (unpaired) electrons. The first-order valence-corrected chi connectivity index (χ1v) is 8.58. The summed E-state index contributed by atoms with van der Waals surface area (Å²) in [7, 11) is 3.98. The highest BCUT2D eigenvalue weighted by Crippen LogP contribution is 2.29. The summed E-state index contributed by atoms with van der Waals surface area (Å²) in [6, 6.07) is 19.7. The van der Waals surface area contributed by atoms with Gasteiger partial charge in [-0.3, -0.25) is 0 Å². The lowest BCUT2D eigenvalue weighted by atomic mass is 10.3. The molecule has 0 fully saturated rings. The summed E-state index contributed by atoms with van der Waals surface area (Å²) in [6.45, 7) is 0. The fourth-order valence-corrected chi connectivity index (χ4v) is 2.37. The Balaban J connectivity index is 1.65. The number of azo groups is 2. The third-order valence-electron chi connectivity index (χ3n) is 3.71. The molecule has 0 aliphatic rings. The maximum Gasteiger partial charge on any atom is 0.134 e. The molecule has 3 rings (SSSR count). The van der Waals surface area contributed by atoms with E-state index in [4.69, 9.17) is 11.6 Å². The molecule has 0 atom stereocenters. The first-order valence-electron chi connectivity index (χ1n) is 8.21. The van der Waals surface area contributed by atoms with E-state index < -0.39 is 0 Å². The average Bonchev–Trinajstić information content (AvgIpc) is 2.68. The van der Waals surface area contributed by atoms with Gasteiger partial charge in [-0.1, -0.05) is 11.6 Å². The highest BCUT2D eigenvalue weighted by atomic mass is 35.5. The van der Waals surface area contributed by atoms with Crippen molar-refractivity contribution in [3.63, 3.8) is 0 Å². The Morgan fingerprint density at radius 2 is 1.07 bits per heavy atom. The summed E-state index contributed by atoms with van der Waals surface area (Å²) in [5.74, 6) is 0.0154. The molecular formula is C20H18ClN5O. The molecule has 27 heavy (non-hydrogen) atoms. The topological polar surface area (TPSA) is 72.9 Å². The third-order valence-corrected chi connectivity index (χ3v) is 4.01. The fourth-order valence-electron chi connectivity index (χ4n) is 2.19. The molecule has 6 nitrogen and oxygen atoms in total. The Morgan fingerprint density at radius 3 is 1.52 bits per heavy atom. The summed E-state index contributed by atoms with van der Waals surface area (Å²) in [5.41, 5.74) is 3.85. The zero-order valence-corrected chi connectivity index (χ0v) is 15.7. The van der Waals surface area contributed by atoms with E-state index in [1.807, 2.05) is 55.4 Å². The van der Waals surface area contributed by atoms with Crippen LogP contribution in [0.2, 0.25) is 5.02 Å². The van der Waals surface area contributed by atoms with Gasteiger partial charge in [0.05, 0.1) is 27.8 Å². The third kappa shape index (κ3) is 5.12. The molecule has 0 saturated carbocycles. The van der Waals surface area contributed by atoms with Crippen LogP contribution >= 0.6 is 11.6 Å². The van der Waals surface area contributed by atoms with Crippen molar-refractivity contribution in [1.29, 1.82) is 0 Å². The standard InChI is InChI=1S/C20H18ClN5O/c1-26(2)18-10-7-16(8-11-18)23-22-14-3-5-15(6-4-14)24-25-17-9-12-20(27)19(21)13-17/h3-13,27H,1-2H3/b23-22?,25-24+. The van der Waals surface area contributed by atoms with Crippen LogP contribution in [-0.2, 0) is 0 Å². The van der Waals surface area contributed by atoms with Gasteiger partial charge in [0.2, 0.25) is 0 Å². The van der Waals surface area contributed by atoms with E-state index in [-0.39, 0.29) is 10.8 Å². The second-order valence-electron chi connectivity index (χ2n) is 5.96. The van der Waals surface area contributed by atoms with Crippen LogP contribution in [0.1, 0.15) is 0 Å². The van der Waals surface area contributed by atoms with Crippen molar-refractivity contribution >= 4 is 40.0 Å². The van der Waals surface area contributed by atoms with Gasteiger partial charge in [0.25, 0.3) is 0 Å². The molecule has 3 aromatic carbocycles.